The number of benzene rings is 2. The molecule has 0 amide bonds. The van der Waals surface area contributed by atoms with Crippen molar-refractivity contribution in [1.29, 1.82) is 5.26 Å². The standard InChI is InChI=1S/C14H9NO2.Na.H/c15-9-13-11(10-5-2-1-3-6-10)7-4-8-12(13)14(16)17;;/h1-8H,(H,16,17);;. The molecule has 0 spiro atoms. The van der Waals surface area contributed by atoms with E-state index in [1.165, 1.54) is 6.07 Å². The summed E-state index contributed by atoms with van der Waals surface area (Å²) < 4.78 is 0. The van der Waals surface area contributed by atoms with Crippen molar-refractivity contribution in [3.05, 3.63) is 59.7 Å². The van der Waals surface area contributed by atoms with Crippen LogP contribution in [0.1, 0.15) is 15.9 Å². The Morgan fingerprint density at radius 3 is 2.28 bits per heavy atom. The summed E-state index contributed by atoms with van der Waals surface area (Å²) in [5.74, 6) is -1.08. The van der Waals surface area contributed by atoms with Crippen molar-refractivity contribution in [1.82, 2.24) is 0 Å². The Hall–Kier alpha value is -1.60. The van der Waals surface area contributed by atoms with Crippen molar-refractivity contribution < 1.29 is 9.90 Å². The molecule has 0 unspecified atom stereocenters. The van der Waals surface area contributed by atoms with Gasteiger partial charge in [0.2, 0.25) is 0 Å². The van der Waals surface area contributed by atoms with Crippen LogP contribution in [0.5, 0.6) is 0 Å². The molecule has 0 fully saturated rings. The zero-order chi connectivity index (χ0) is 12.3. The second kappa shape index (κ2) is 6.36. The predicted octanol–water partition coefficient (Wildman–Crippen LogP) is 2.27. The van der Waals surface area contributed by atoms with Gasteiger partial charge >= 0.3 is 35.5 Å². The van der Waals surface area contributed by atoms with E-state index in [-0.39, 0.29) is 40.7 Å². The molecule has 0 bridgehead atoms. The second-order valence-corrected chi connectivity index (χ2v) is 3.51. The average Bonchev–Trinajstić information content (AvgIpc) is 2.38. The number of rotatable bonds is 2. The summed E-state index contributed by atoms with van der Waals surface area (Å²) in [6, 6.07) is 16.1. The molecule has 0 saturated carbocycles. The second-order valence-electron chi connectivity index (χ2n) is 3.51. The summed E-state index contributed by atoms with van der Waals surface area (Å²) in [5, 5.41) is 18.1. The molecule has 2 aromatic carbocycles. The molecule has 3 nitrogen and oxygen atoms in total. The zero-order valence-corrected chi connectivity index (χ0v) is 8.92. The number of carboxylic acids is 1. The number of hydrogen-bond acceptors (Lipinski definition) is 2. The number of carbonyl (C=O) groups is 1. The van der Waals surface area contributed by atoms with E-state index in [2.05, 4.69) is 0 Å². The van der Waals surface area contributed by atoms with E-state index < -0.39 is 5.97 Å². The Bertz CT molecular complexity index is 603. The van der Waals surface area contributed by atoms with Crippen LogP contribution in [0.4, 0.5) is 0 Å². The van der Waals surface area contributed by atoms with Gasteiger partial charge in [0.15, 0.2) is 0 Å². The topological polar surface area (TPSA) is 61.1 Å². The fraction of sp³-hybridized carbons (Fsp3) is 0. The Morgan fingerprint density at radius 1 is 1.06 bits per heavy atom. The maximum atomic E-state index is 11.0. The molecule has 0 radical (unpaired) electrons. The first-order chi connectivity index (χ1) is 8.24. The van der Waals surface area contributed by atoms with E-state index in [9.17, 15) is 4.79 Å². The van der Waals surface area contributed by atoms with E-state index in [1.54, 1.807) is 12.1 Å². The van der Waals surface area contributed by atoms with Gasteiger partial charge in [-0.25, -0.2) is 4.79 Å². The fourth-order valence-corrected chi connectivity index (χ4v) is 1.71. The zero-order valence-electron chi connectivity index (χ0n) is 8.92. The van der Waals surface area contributed by atoms with E-state index in [1.807, 2.05) is 36.4 Å². The van der Waals surface area contributed by atoms with Crippen LogP contribution in [-0.4, -0.2) is 40.6 Å². The Kier molecular flexibility index (Phi) is 5.11. The van der Waals surface area contributed by atoms with E-state index >= 15 is 0 Å². The predicted molar refractivity (Wildman–Crippen MR) is 70.7 cm³/mol. The SMILES string of the molecule is N#Cc1c(C(=O)O)cccc1-c1ccccc1.[NaH]. The minimum absolute atomic E-state index is 0. The molecule has 0 heterocycles. The van der Waals surface area contributed by atoms with Crippen molar-refractivity contribution in [2.45, 2.75) is 0 Å². The first-order valence-corrected chi connectivity index (χ1v) is 5.06. The van der Waals surface area contributed by atoms with Gasteiger partial charge in [-0.3, -0.25) is 0 Å². The summed E-state index contributed by atoms with van der Waals surface area (Å²) >= 11 is 0. The molecule has 2 aromatic rings. The Labute approximate surface area is 127 Å². The van der Waals surface area contributed by atoms with Crippen LogP contribution in [0.15, 0.2) is 48.5 Å². The van der Waals surface area contributed by atoms with Gasteiger partial charge in [-0.1, -0.05) is 42.5 Å². The third-order valence-corrected chi connectivity index (χ3v) is 2.49. The molecule has 0 saturated heterocycles. The summed E-state index contributed by atoms with van der Waals surface area (Å²) in [6.45, 7) is 0. The van der Waals surface area contributed by atoms with E-state index in [0.29, 0.717) is 5.56 Å². The van der Waals surface area contributed by atoms with Gasteiger partial charge in [-0.15, -0.1) is 0 Å². The van der Waals surface area contributed by atoms with Crippen LogP contribution >= 0.6 is 0 Å². The Balaban J connectivity index is 0.00000162. The maximum absolute atomic E-state index is 11.0. The van der Waals surface area contributed by atoms with Crippen LogP contribution in [0, 0.1) is 11.3 Å². The van der Waals surface area contributed by atoms with Gasteiger partial charge in [0.25, 0.3) is 0 Å². The van der Waals surface area contributed by atoms with Crippen LogP contribution in [-0.2, 0) is 0 Å². The van der Waals surface area contributed by atoms with E-state index in [4.69, 9.17) is 10.4 Å². The normalized spacial score (nSPS) is 9.06. The van der Waals surface area contributed by atoms with Crippen molar-refractivity contribution >= 4 is 35.5 Å². The van der Waals surface area contributed by atoms with Crippen molar-refractivity contribution in [2.24, 2.45) is 0 Å². The minimum atomic E-state index is -1.08. The number of carboxylic acid groups (broad SMARTS) is 1. The number of aromatic carboxylic acids is 1. The van der Waals surface area contributed by atoms with Crippen molar-refractivity contribution in [3.8, 4) is 17.2 Å². The number of hydrogen-bond donors (Lipinski definition) is 1. The van der Waals surface area contributed by atoms with Crippen LogP contribution in [0.25, 0.3) is 11.1 Å². The average molecular weight is 247 g/mol. The summed E-state index contributed by atoms with van der Waals surface area (Å²) in [7, 11) is 0. The molecule has 84 valence electrons. The number of nitrogens with zero attached hydrogens (tertiary/aromatic N) is 1. The third kappa shape index (κ3) is 2.80. The molecular weight excluding hydrogens is 237 g/mol. The molecule has 0 aliphatic heterocycles. The summed E-state index contributed by atoms with van der Waals surface area (Å²) in [6.07, 6.45) is 0. The quantitative estimate of drug-likeness (QED) is 0.828. The molecule has 0 aliphatic carbocycles. The van der Waals surface area contributed by atoms with Gasteiger partial charge in [-0.05, 0) is 11.6 Å². The van der Waals surface area contributed by atoms with Gasteiger partial charge < -0.3 is 5.11 Å². The summed E-state index contributed by atoms with van der Waals surface area (Å²) in [4.78, 5) is 11.0. The van der Waals surface area contributed by atoms with E-state index in [0.717, 1.165) is 5.56 Å². The van der Waals surface area contributed by atoms with Gasteiger partial charge in [-0.2, -0.15) is 5.26 Å². The third-order valence-electron chi connectivity index (χ3n) is 2.49. The molecule has 18 heavy (non-hydrogen) atoms. The van der Waals surface area contributed by atoms with Gasteiger partial charge in [0.05, 0.1) is 11.1 Å². The summed E-state index contributed by atoms with van der Waals surface area (Å²) in [5.41, 5.74) is 1.72. The molecule has 0 aromatic heterocycles. The van der Waals surface area contributed by atoms with Crippen LogP contribution < -0.4 is 0 Å². The molecule has 2 rings (SSSR count). The van der Waals surface area contributed by atoms with Crippen molar-refractivity contribution in [2.75, 3.05) is 0 Å². The Morgan fingerprint density at radius 2 is 1.72 bits per heavy atom. The first-order valence-electron chi connectivity index (χ1n) is 5.06. The van der Waals surface area contributed by atoms with Crippen LogP contribution in [0.3, 0.4) is 0 Å². The van der Waals surface area contributed by atoms with Crippen molar-refractivity contribution in [3.63, 3.8) is 0 Å². The monoisotopic (exact) mass is 247 g/mol. The molecule has 0 atom stereocenters. The first kappa shape index (κ1) is 14.5. The van der Waals surface area contributed by atoms with Gasteiger partial charge in [0.1, 0.15) is 6.07 Å². The molecule has 0 aliphatic rings. The number of nitriles is 1. The molecular formula is C14H10NNaO2. The molecule has 4 heteroatoms. The van der Waals surface area contributed by atoms with Gasteiger partial charge in [0, 0.05) is 5.56 Å². The molecule has 1 N–H and O–H groups in total. The fourth-order valence-electron chi connectivity index (χ4n) is 1.71. The van der Waals surface area contributed by atoms with Crippen LogP contribution in [0.2, 0.25) is 0 Å².